The van der Waals surface area contributed by atoms with Crippen LogP contribution in [-0.2, 0) is 4.79 Å². The van der Waals surface area contributed by atoms with Gasteiger partial charge >= 0.3 is 0 Å². The first-order chi connectivity index (χ1) is 14.7. The van der Waals surface area contributed by atoms with Crippen molar-refractivity contribution in [1.82, 2.24) is 10.3 Å². The van der Waals surface area contributed by atoms with Crippen LogP contribution >= 0.6 is 11.6 Å². The van der Waals surface area contributed by atoms with Gasteiger partial charge in [0, 0.05) is 43.2 Å². The molecule has 0 spiro atoms. The second-order valence-electron chi connectivity index (χ2n) is 8.71. The number of carbonyl (C=O) groups excluding carboxylic acids is 1. The van der Waals surface area contributed by atoms with Crippen LogP contribution in [0.5, 0.6) is 0 Å². The van der Waals surface area contributed by atoms with Gasteiger partial charge in [-0.05, 0) is 52.8 Å². The summed E-state index contributed by atoms with van der Waals surface area (Å²) in [5.74, 6) is 2.59. The Morgan fingerprint density at radius 1 is 1.03 bits per heavy atom. The highest BCUT2D eigenvalue weighted by Gasteiger charge is 2.37. The van der Waals surface area contributed by atoms with Crippen LogP contribution in [0.25, 0.3) is 5.57 Å². The SMILES string of the molecule is O=C1C2=C(C=C(c3ccc(Cl)cc3)C2)CN1c1ccc(N2CC3CNCC3C2)nc1. The Morgan fingerprint density at radius 3 is 2.47 bits per heavy atom. The third kappa shape index (κ3) is 2.96. The highest BCUT2D eigenvalue weighted by atomic mass is 35.5. The molecule has 1 aromatic heterocycles. The number of rotatable bonds is 3. The number of allylic oxidation sites excluding steroid dienone is 1. The zero-order valence-electron chi connectivity index (χ0n) is 16.6. The molecular weight excluding hydrogens is 396 g/mol. The van der Waals surface area contributed by atoms with Crippen LogP contribution in [0.4, 0.5) is 11.5 Å². The Hall–Kier alpha value is -2.63. The van der Waals surface area contributed by atoms with E-state index >= 15 is 0 Å². The number of carbonyl (C=O) groups is 1. The number of hydrogen-bond donors (Lipinski definition) is 1. The Kier molecular flexibility index (Phi) is 4.22. The lowest BCUT2D eigenvalue weighted by Crippen LogP contribution is -2.28. The molecular formula is C24H23ClN4O. The molecule has 3 aliphatic heterocycles. The number of pyridine rings is 1. The van der Waals surface area contributed by atoms with E-state index in [9.17, 15) is 4.79 Å². The fourth-order valence-electron chi connectivity index (χ4n) is 5.24. The van der Waals surface area contributed by atoms with E-state index < -0.39 is 0 Å². The zero-order valence-corrected chi connectivity index (χ0v) is 17.4. The number of nitrogens with zero attached hydrogens (tertiary/aromatic N) is 3. The fraction of sp³-hybridized carbons (Fsp3) is 0.333. The molecule has 2 fully saturated rings. The van der Waals surface area contributed by atoms with Gasteiger partial charge in [-0.1, -0.05) is 29.8 Å². The molecule has 5 nitrogen and oxygen atoms in total. The standard InChI is InChI=1S/C24H23ClN4O/c25-20-3-1-15(2-4-20)16-7-17-14-29(24(30)22(17)8-16)21-5-6-23(27-11-21)28-12-18-9-26-10-19(18)13-28/h1-7,11,18-19,26H,8-10,12-14H2. The molecule has 4 aliphatic rings. The molecule has 0 saturated carbocycles. The molecule has 30 heavy (non-hydrogen) atoms. The quantitative estimate of drug-likeness (QED) is 0.828. The Morgan fingerprint density at radius 2 is 1.80 bits per heavy atom. The Labute approximate surface area is 181 Å². The average Bonchev–Trinajstić information content (AvgIpc) is 3.50. The predicted octanol–water partition coefficient (Wildman–Crippen LogP) is 3.52. The first-order valence-electron chi connectivity index (χ1n) is 10.6. The number of aromatic nitrogens is 1. The number of anilines is 2. The number of amides is 1. The van der Waals surface area contributed by atoms with E-state index in [1.54, 1.807) is 0 Å². The topological polar surface area (TPSA) is 48.5 Å². The zero-order chi connectivity index (χ0) is 20.2. The van der Waals surface area contributed by atoms with Crippen LogP contribution < -0.4 is 15.1 Å². The van der Waals surface area contributed by atoms with E-state index in [-0.39, 0.29) is 5.91 Å². The van der Waals surface area contributed by atoms with Gasteiger partial charge in [-0.3, -0.25) is 4.79 Å². The van der Waals surface area contributed by atoms with Gasteiger partial charge in [0.2, 0.25) is 0 Å². The summed E-state index contributed by atoms with van der Waals surface area (Å²) < 4.78 is 0. The number of benzene rings is 1. The minimum Gasteiger partial charge on any atom is -0.356 e. The number of halogens is 1. The Balaban J connectivity index is 1.16. The summed E-state index contributed by atoms with van der Waals surface area (Å²) in [4.78, 5) is 22.0. The molecule has 0 radical (unpaired) electrons. The highest BCUT2D eigenvalue weighted by Crippen LogP contribution is 2.39. The molecule has 2 unspecified atom stereocenters. The summed E-state index contributed by atoms with van der Waals surface area (Å²) in [5, 5.41) is 4.20. The van der Waals surface area contributed by atoms with Crippen molar-refractivity contribution in [3.63, 3.8) is 0 Å². The van der Waals surface area contributed by atoms with Crippen molar-refractivity contribution in [2.24, 2.45) is 11.8 Å². The molecule has 6 rings (SSSR count). The van der Waals surface area contributed by atoms with E-state index in [2.05, 4.69) is 22.4 Å². The summed E-state index contributed by atoms with van der Waals surface area (Å²) in [5.41, 5.74) is 5.22. The van der Waals surface area contributed by atoms with Crippen molar-refractivity contribution in [3.8, 4) is 0 Å². The second-order valence-corrected chi connectivity index (χ2v) is 9.14. The minimum absolute atomic E-state index is 0.0987. The molecule has 1 aromatic carbocycles. The maximum absolute atomic E-state index is 13.1. The van der Waals surface area contributed by atoms with Crippen molar-refractivity contribution in [2.75, 3.05) is 42.5 Å². The summed E-state index contributed by atoms with van der Waals surface area (Å²) in [6.07, 6.45) is 4.70. The fourth-order valence-corrected chi connectivity index (χ4v) is 5.36. The molecule has 2 saturated heterocycles. The number of nitrogens with one attached hydrogen (secondary N) is 1. The van der Waals surface area contributed by atoms with E-state index in [1.165, 1.54) is 5.57 Å². The van der Waals surface area contributed by atoms with Crippen LogP contribution in [-0.4, -0.2) is 43.6 Å². The van der Waals surface area contributed by atoms with Crippen molar-refractivity contribution >= 4 is 34.6 Å². The summed E-state index contributed by atoms with van der Waals surface area (Å²) in [6.45, 7) is 4.99. The normalized spacial score (nSPS) is 25.2. The van der Waals surface area contributed by atoms with Gasteiger partial charge in [0.25, 0.3) is 5.91 Å². The van der Waals surface area contributed by atoms with Gasteiger partial charge in [-0.25, -0.2) is 4.98 Å². The third-order valence-corrected chi connectivity index (χ3v) is 7.16. The van der Waals surface area contributed by atoms with Gasteiger partial charge < -0.3 is 15.1 Å². The molecule has 2 atom stereocenters. The van der Waals surface area contributed by atoms with Gasteiger partial charge in [0.05, 0.1) is 18.4 Å². The molecule has 2 aromatic rings. The van der Waals surface area contributed by atoms with Crippen LogP contribution in [0.2, 0.25) is 5.02 Å². The van der Waals surface area contributed by atoms with Gasteiger partial charge in [0.15, 0.2) is 0 Å². The van der Waals surface area contributed by atoms with Gasteiger partial charge in [-0.15, -0.1) is 0 Å². The largest absolute Gasteiger partial charge is 0.356 e. The summed E-state index contributed by atoms with van der Waals surface area (Å²) in [7, 11) is 0. The van der Waals surface area contributed by atoms with E-state index in [1.807, 2.05) is 41.4 Å². The van der Waals surface area contributed by atoms with E-state index in [4.69, 9.17) is 16.6 Å². The van der Waals surface area contributed by atoms with Crippen molar-refractivity contribution in [2.45, 2.75) is 6.42 Å². The van der Waals surface area contributed by atoms with E-state index in [0.29, 0.717) is 13.0 Å². The monoisotopic (exact) mass is 418 g/mol. The molecule has 1 amide bonds. The number of hydrogen-bond acceptors (Lipinski definition) is 4. The van der Waals surface area contributed by atoms with Crippen molar-refractivity contribution in [3.05, 3.63) is 70.4 Å². The average molecular weight is 419 g/mol. The maximum atomic E-state index is 13.1. The van der Waals surface area contributed by atoms with Crippen LogP contribution in [0.1, 0.15) is 12.0 Å². The summed E-state index contributed by atoms with van der Waals surface area (Å²) in [6, 6.07) is 11.9. The maximum Gasteiger partial charge on any atom is 0.255 e. The summed E-state index contributed by atoms with van der Waals surface area (Å²) >= 11 is 6.00. The second kappa shape index (κ2) is 6.96. The molecule has 0 bridgehead atoms. The van der Waals surface area contributed by atoms with E-state index in [0.717, 1.165) is 71.3 Å². The van der Waals surface area contributed by atoms with Crippen molar-refractivity contribution in [1.29, 1.82) is 0 Å². The molecule has 1 aliphatic carbocycles. The van der Waals surface area contributed by atoms with Gasteiger partial charge in [0.1, 0.15) is 5.82 Å². The highest BCUT2D eigenvalue weighted by molar-refractivity contribution is 6.30. The molecule has 6 heteroatoms. The van der Waals surface area contributed by atoms with Crippen LogP contribution in [0.15, 0.2) is 59.8 Å². The first kappa shape index (κ1) is 18.2. The minimum atomic E-state index is 0.0987. The number of fused-ring (bicyclic) bond motifs is 1. The molecule has 4 heterocycles. The molecule has 152 valence electrons. The Bertz CT molecular complexity index is 1060. The lowest BCUT2D eigenvalue weighted by atomic mass is 10.0. The lowest BCUT2D eigenvalue weighted by Gasteiger charge is -2.21. The lowest BCUT2D eigenvalue weighted by molar-refractivity contribution is -0.114. The van der Waals surface area contributed by atoms with Crippen LogP contribution in [0.3, 0.4) is 0 Å². The third-order valence-electron chi connectivity index (χ3n) is 6.91. The molecule has 1 N–H and O–H groups in total. The van der Waals surface area contributed by atoms with Gasteiger partial charge in [-0.2, -0.15) is 0 Å². The van der Waals surface area contributed by atoms with Crippen LogP contribution in [0, 0.1) is 11.8 Å². The smallest absolute Gasteiger partial charge is 0.255 e. The first-order valence-corrected chi connectivity index (χ1v) is 11.0. The van der Waals surface area contributed by atoms with Crippen molar-refractivity contribution < 1.29 is 4.79 Å². The predicted molar refractivity (Wildman–Crippen MR) is 120 cm³/mol.